The van der Waals surface area contributed by atoms with Crippen molar-refractivity contribution >= 4 is 41.1 Å². The number of rotatable bonds is 13. The fourth-order valence-electron chi connectivity index (χ4n) is 7.45. The molecule has 4 aromatic rings. The lowest BCUT2D eigenvalue weighted by atomic mass is 9.81. The number of likely N-dealkylation sites (tertiary alicyclic amines) is 1. The Balaban J connectivity index is 1.15. The van der Waals surface area contributed by atoms with Crippen LogP contribution in [0.15, 0.2) is 72.8 Å². The zero-order valence-electron chi connectivity index (χ0n) is 31.2. The topological polar surface area (TPSA) is 181 Å². The molecule has 2 heterocycles. The number of benzene rings is 3. The summed E-state index contributed by atoms with van der Waals surface area (Å²) in [5.41, 5.74) is 4.46. The van der Waals surface area contributed by atoms with E-state index in [0.717, 1.165) is 48.2 Å². The summed E-state index contributed by atoms with van der Waals surface area (Å²) in [5, 5.41) is 28.6. The number of anilines is 1. The van der Waals surface area contributed by atoms with Crippen LogP contribution in [0.4, 0.5) is 10.5 Å². The van der Waals surface area contributed by atoms with Gasteiger partial charge in [0.25, 0.3) is 5.91 Å². The number of carbonyl (C=O) groups is 4. The van der Waals surface area contributed by atoms with E-state index in [0.29, 0.717) is 55.3 Å². The number of hydrogen-bond donors (Lipinski definition) is 6. The first-order valence-electron chi connectivity index (χ1n) is 19.0. The van der Waals surface area contributed by atoms with Gasteiger partial charge < -0.3 is 36.3 Å². The van der Waals surface area contributed by atoms with Crippen LogP contribution in [0.2, 0.25) is 5.28 Å². The number of aromatic nitrogens is 3. The van der Waals surface area contributed by atoms with Crippen molar-refractivity contribution in [3.05, 3.63) is 89.2 Å². The Morgan fingerprint density at radius 1 is 0.873 bits per heavy atom. The van der Waals surface area contributed by atoms with E-state index in [-0.39, 0.29) is 47.3 Å². The van der Waals surface area contributed by atoms with Crippen molar-refractivity contribution < 1.29 is 24.3 Å². The second-order valence-electron chi connectivity index (χ2n) is 14.9. The van der Waals surface area contributed by atoms with E-state index in [1.54, 1.807) is 24.3 Å². The number of aromatic amines is 1. The van der Waals surface area contributed by atoms with Crippen molar-refractivity contribution in [1.82, 2.24) is 36.0 Å². The predicted molar refractivity (Wildman–Crippen MR) is 212 cm³/mol. The maximum atomic E-state index is 13.9. The Labute approximate surface area is 326 Å². The number of nitrogens with one attached hydrogen (secondary N) is 5. The van der Waals surface area contributed by atoms with Gasteiger partial charge >= 0.3 is 6.09 Å². The fraction of sp³-hybridized carbons (Fsp3) is 0.415. The summed E-state index contributed by atoms with van der Waals surface area (Å²) >= 11 is 5.89. The minimum Gasteiger partial charge on any atom is -0.465 e. The summed E-state index contributed by atoms with van der Waals surface area (Å²) < 4.78 is 0. The van der Waals surface area contributed by atoms with E-state index in [1.807, 2.05) is 48.5 Å². The monoisotopic (exact) mass is 768 g/mol. The van der Waals surface area contributed by atoms with Crippen LogP contribution in [-0.4, -0.2) is 86.8 Å². The molecule has 1 saturated carbocycles. The normalized spacial score (nSPS) is 18.3. The Bertz CT molecular complexity index is 1950. The molecule has 1 aliphatic heterocycles. The van der Waals surface area contributed by atoms with E-state index in [2.05, 4.69) is 55.2 Å². The molecule has 3 aromatic carbocycles. The van der Waals surface area contributed by atoms with Crippen LogP contribution in [0.1, 0.15) is 68.3 Å². The molecule has 1 atom stereocenters. The second-order valence-corrected chi connectivity index (χ2v) is 15.2. The Hall–Kier alpha value is -5.27. The van der Waals surface area contributed by atoms with Crippen molar-refractivity contribution in [2.75, 3.05) is 25.0 Å². The number of carboxylic acid groups (broad SMARTS) is 1. The third-order valence-electron chi connectivity index (χ3n) is 10.7. The first-order chi connectivity index (χ1) is 26.5. The SMILES string of the molecule is CC(C)N1CCC(NC(=O)c2cccc(-c3cccc(C[C@H](NC(=O)[C@H]4CC[C@H](CNC(=O)O)CC4)C(=O)Nc4ccc(-c5nnc(Cl)[nH]5)cc4)c3)c2)CC1. The molecule has 1 saturated heterocycles. The second kappa shape index (κ2) is 18.4. The smallest absolute Gasteiger partial charge is 0.404 e. The maximum Gasteiger partial charge on any atom is 0.404 e. The minimum atomic E-state index is -1.05. The molecule has 1 aromatic heterocycles. The zero-order chi connectivity index (χ0) is 38.9. The third kappa shape index (κ3) is 10.9. The Kier molecular flexibility index (Phi) is 13.2. The number of hydrogen-bond acceptors (Lipinski definition) is 7. The predicted octanol–water partition coefficient (Wildman–Crippen LogP) is 6.13. The molecule has 13 nitrogen and oxygen atoms in total. The molecule has 2 fully saturated rings. The highest BCUT2D eigenvalue weighted by Crippen LogP contribution is 2.29. The molecule has 55 heavy (non-hydrogen) atoms. The van der Waals surface area contributed by atoms with Gasteiger partial charge in [-0.05, 0) is 123 Å². The Morgan fingerprint density at radius 2 is 1.56 bits per heavy atom. The van der Waals surface area contributed by atoms with Gasteiger partial charge in [-0.1, -0.05) is 36.4 Å². The van der Waals surface area contributed by atoms with Gasteiger partial charge in [-0.15, -0.1) is 10.2 Å². The Morgan fingerprint density at radius 3 is 2.22 bits per heavy atom. The minimum absolute atomic E-state index is 0.0923. The van der Waals surface area contributed by atoms with E-state index in [9.17, 15) is 19.2 Å². The molecule has 0 radical (unpaired) electrons. The average Bonchev–Trinajstić information content (AvgIpc) is 3.63. The summed E-state index contributed by atoms with van der Waals surface area (Å²) in [4.78, 5) is 57.1. The summed E-state index contributed by atoms with van der Waals surface area (Å²) in [7, 11) is 0. The number of H-pyrrole nitrogens is 1. The lowest BCUT2D eigenvalue weighted by Gasteiger charge is -2.34. The molecular formula is C41H49ClN8O5. The first-order valence-corrected chi connectivity index (χ1v) is 19.4. The molecule has 1 aliphatic carbocycles. The molecule has 6 N–H and O–H groups in total. The molecule has 0 spiro atoms. The zero-order valence-corrected chi connectivity index (χ0v) is 31.9. The van der Waals surface area contributed by atoms with Crippen molar-refractivity contribution in [3.63, 3.8) is 0 Å². The summed E-state index contributed by atoms with van der Waals surface area (Å²) in [6.45, 7) is 6.69. The van der Waals surface area contributed by atoms with Crippen LogP contribution in [0.3, 0.4) is 0 Å². The molecule has 14 heteroatoms. The third-order valence-corrected chi connectivity index (χ3v) is 10.9. The molecular weight excluding hydrogens is 720 g/mol. The van der Waals surface area contributed by atoms with E-state index in [4.69, 9.17) is 16.7 Å². The number of carbonyl (C=O) groups excluding carboxylic acids is 3. The van der Waals surface area contributed by atoms with E-state index in [1.165, 1.54) is 0 Å². The summed E-state index contributed by atoms with van der Waals surface area (Å²) in [6.07, 6.45) is 3.67. The van der Waals surface area contributed by atoms with E-state index >= 15 is 0 Å². The van der Waals surface area contributed by atoms with Crippen molar-refractivity contribution in [3.8, 4) is 22.5 Å². The van der Waals surface area contributed by atoms with E-state index < -0.39 is 12.1 Å². The van der Waals surface area contributed by atoms with Crippen LogP contribution in [0.5, 0.6) is 0 Å². The molecule has 4 amide bonds. The summed E-state index contributed by atoms with van der Waals surface area (Å²) in [5.74, 6) is -0.281. The number of halogens is 1. The quantitative estimate of drug-likeness (QED) is 0.0939. The molecule has 290 valence electrons. The lowest BCUT2D eigenvalue weighted by molar-refractivity contribution is -0.130. The van der Waals surface area contributed by atoms with Crippen molar-refractivity contribution in [2.45, 2.75) is 76.9 Å². The maximum absolute atomic E-state index is 13.9. The number of nitrogens with zero attached hydrogens (tertiary/aromatic N) is 3. The number of piperidine rings is 1. The lowest BCUT2D eigenvalue weighted by Crippen LogP contribution is -2.48. The van der Waals surface area contributed by atoms with Gasteiger partial charge in [0.05, 0.1) is 0 Å². The molecule has 0 bridgehead atoms. The van der Waals surface area contributed by atoms with Crippen molar-refractivity contribution in [1.29, 1.82) is 0 Å². The first kappa shape index (κ1) is 39.4. The van der Waals surface area contributed by atoms with Gasteiger partial charge in [-0.2, -0.15) is 0 Å². The molecule has 0 unspecified atom stereocenters. The highest BCUT2D eigenvalue weighted by Gasteiger charge is 2.30. The molecule has 6 rings (SSSR count). The van der Waals surface area contributed by atoms with Crippen LogP contribution < -0.4 is 21.3 Å². The van der Waals surface area contributed by atoms with Crippen LogP contribution >= 0.6 is 11.6 Å². The average molecular weight is 769 g/mol. The summed E-state index contributed by atoms with van der Waals surface area (Å²) in [6, 6.07) is 22.2. The van der Waals surface area contributed by atoms with Crippen molar-refractivity contribution in [2.24, 2.45) is 11.8 Å². The highest BCUT2D eigenvalue weighted by molar-refractivity contribution is 6.28. The fourth-order valence-corrected chi connectivity index (χ4v) is 7.58. The van der Waals surface area contributed by atoms with Gasteiger partial charge in [0, 0.05) is 60.9 Å². The van der Waals surface area contributed by atoms with Gasteiger partial charge in [-0.3, -0.25) is 14.4 Å². The van der Waals surface area contributed by atoms with Gasteiger partial charge in [0.1, 0.15) is 6.04 Å². The highest BCUT2D eigenvalue weighted by atomic mass is 35.5. The van der Waals surface area contributed by atoms with Gasteiger partial charge in [0.15, 0.2) is 5.82 Å². The number of amides is 4. The largest absolute Gasteiger partial charge is 0.465 e. The van der Waals surface area contributed by atoms with Crippen LogP contribution in [0, 0.1) is 11.8 Å². The van der Waals surface area contributed by atoms with Gasteiger partial charge in [-0.25, -0.2) is 4.79 Å². The molecule has 2 aliphatic rings. The van der Waals surface area contributed by atoms with Crippen LogP contribution in [-0.2, 0) is 16.0 Å². The standard InChI is InChI=1S/C41H49ClN8O5/c1-25(2)50-19-17-34(18-20-50)44-38(52)32-8-4-7-31(23-32)30-6-3-5-27(21-30)22-35(46-37(51)29-11-9-26(10-12-29)24-43-41(54)55)39(53)45-33-15-13-28(14-16-33)36-47-40(42)49-48-36/h3-8,13-16,21,23,25-26,29,34-35,43H,9-12,17-20,22,24H2,1-2H3,(H,44,52)(H,45,53)(H,46,51)(H,54,55)(H,47,48,49)/t26-,29-,35-/m0/s1. The van der Waals surface area contributed by atoms with Crippen LogP contribution in [0.25, 0.3) is 22.5 Å². The van der Waals surface area contributed by atoms with Gasteiger partial charge in [0.2, 0.25) is 17.1 Å².